The largest absolute Gasteiger partial charge is 0.393 e. The molecule has 0 aromatic heterocycles. The standard InChI is InChI=1S/C12H20O6/c1-10(2)15-7-6-14-12(9(7)17-10)8(5-13)16-11(3,4)18-12/h7-9,13H,5-6H2,1-4H3/t7-,8+,9-,12+/m1/s1. The molecule has 0 radical (unpaired) electrons. The summed E-state index contributed by atoms with van der Waals surface area (Å²) in [5.41, 5.74) is 0. The second-order valence-electron chi connectivity index (χ2n) is 5.92. The maximum Gasteiger partial charge on any atom is 0.229 e. The van der Waals surface area contributed by atoms with E-state index in [1.165, 1.54) is 0 Å². The first-order valence-electron chi connectivity index (χ1n) is 6.26. The SMILES string of the molecule is CC1(C)O[C@@H]2[C@@H](CO[C@@]23OC(C)(C)O[C@H]3CO)O1. The van der Waals surface area contributed by atoms with Crippen molar-refractivity contribution in [1.82, 2.24) is 0 Å². The van der Waals surface area contributed by atoms with Crippen LogP contribution < -0.4 is 0 Å². The van der Waals surface area contributed by atoms with Crippen molar-refractivity contribution in [3.63, 3.8) is 0 Å². The molecule has 104 valence electrons. The summed E-state index contributed by atoms with van der Waals surface area (Å²) in [6, 6.07) is 0. The predicted molar refractivity (Wildman–Crippen MR) is 59.6 cm³/mol. The van der Waals surface area contributed by atoms with Crippen molar-refractivity contribution in [2.24, 2.45) is 0 Å². The number of ether oxygens (including phenoxy) is 5. The van der Waals surface area contributed by atoms with Gasteiger partial charge in [-0.2, -0.15) is 0 Å². The van der Waals surface area contributed by atoms with Gasteiger partial charge < -0.3 is 28.8 Å². The maximum absolute atomic E-state index is 9.49. The van der Waals surface area contributed by atoms with Gasteiger partial charge in [0, 0.05) is 0 Å². The minimum absolute atomic E-state index is 0.184. The summed E-state index contributed by atoms with van der Waals surface area (Å²) in [6.07, 6.45) is -1.14. The molecule has 3 aliphatic rings. The highest BCUT2D eigenvalue weighted by Gasteiger charge is 2.68. The molecule has 1 spiro atoms. The molecule has 6 nitrogen and oxygen atoms in total. The Morgan fingerprint density at radius 1 is 1.06 bits per heavy atom. The number of hydrogen-bond donors (Lipinski definition) is 1. The van der Waals surface area contributed by atoms with E-state index in [0.29, 0.717) is 6.61 Å². The van der Waals surface area contributed by atoms with Gasteiger partial charge in [0.2, 0.25) is 5.79 Å². The van der Waals surface area contributed by atoms with Crippen LogP contribution in [0.5, 0.6) is 0 Å². The molecule has 3 rings (SSSR count). The van der Waals surface area contributed by atoms with Crippen molar-refractivity contribution in [3.8, 4) is 0 Å². The van der Waals surface area contributed by atoms with Gasteiger partial charge in [-0.15, -0.1) is 0 Å². The van der Waals surface area contributed by atoms with Crippen LogP contribution in [0.3, 0.4) is 0 Å². The number of aliphatic hydroxyl groups is 1. The zero-order chi connectivity index (χ0) is 13.2. The summed E-state index contributed by atoms with van der Waals surface area (Å²) in [7, 11) is 0. The van der Waals surface area contributed by atoms with Crippen molar-refractivity contribution in [3.05, 3.63) is 0 Å². The van der Waals surface area contributed by atoms with E-state index in [1.54, 1.807) is 13.8 Å². The molecule has 0 aromatic carbocycles. The Kier molecular flexibility index (Phi) is 2.59. The molecule has 6 heteroatoms. The fourth-order valence-electron chi connectivity index (χ4n) is 3.02. The lowest BCUT2D eigenvalue weighted by Crippen LogP contribution is -2.52. The van der Waals surface area contributed by atoms with E-state index >= 15 is 0 Å². The summed E-state index contributed by atoms with van der Waals surface area (Å²) in [6.45, 7) is 7.49. The third-order valence-electron chi connectivity index (χ3n) is 3.50. The quantitative estimate of drug-likeness (QED) is 0.735. The molecule has 0 unspecified atom stereocenters. The number of rotatable bonds is 1. The van der Waals surface area contributed by atoms with Gasteiger partial charge in [-0.25, -0.2) is 0 Å². The average molecular weight is 260 g/mol. The Balaban J connectivity index is 1.91. The van der Waals surface area contributed by atoms with Crippen LogP contribution in [-0.4, -0.2) is 54.0 Å². The van der Waals surface area contributed by atoms with Crippen LogP contribution in [0.1, 0.15) is 27.7 Å². The molecule has 1 N–H and O–H groups in total. The molecule has 0 aliphatic carbocycles. The topological polar surface area (TPSA) is 66.4 Å². The Morgan fingerprint density at radius 2 is 1.78 bits per heavy atom. The average Bonchev–Trinajstić information content (AvgIpc) is 2.79. The van der Waals surface area contributed by atoms with E-state index in [9.17, 15) is 5.11 Å². The first-order valence-corrected chi connectivity index (χ1v) is 6.26. The van der Waals surface area contributed by atoms with Crippen LogP contribution in [-0.2, 0) is 23.7 Å². The first-order chi connectivity index (χ1) is 8.28. The Morgan fingerprint density at radius 3 is 2.44 bits per heavy atom. The van der Waals surface area contributed by atoms with E-state index < -0.39 is 23.5 Å². The molecule has 3 fully saturated rings. The second-order valence-corrected chi connectivity index (χ2v) is 5.92. The molecular formula is C12H20O6. The lowest BCUT2D eigenvalue weighted by atomic mass is 10.0. The smallest absolute Gasteiger partial charge is 0.229 e. The molecule has 3 saturated heterocycles. The molecule has 0 amide bonds. The normalized spacial score (nSPS) is 48.8. The summed E-state index contributed by atoms with van der Waals surface area (Å²) >= 11 is 0. The van der Waals surface area contributed by atoms with Gasteiger partial charge >= 0.3 is 0 Å². The molecule has 0 saturated carbocycles. The van der Waals surface area contributed by atoms with Crippen molar-refractivity contribution >= 4 is 0 Å². The van der Waals surface area contributed by atoms with Crippen LogP contribution in [0, 0.1) is 0 Å². The summed E-state index contributed by atoms with van der Waals surface area (Å²) in [4.78, 5) is 0. The lowest BCUT2D eigenvalue weighted by molar-refractivity contribution is -0.290. The third kappa shape index (κ3) is 1.71. The lowest BCUT2D eigenvalue weighted by Gasteiger charge is -2.32. The van der Waals surface area contributed by atoms with Crippen LogP contribution in [0.2, 0.25) is 0 Å². The van der Waals surface area contributed by atoms with E-state index in [1.807, 2.05) is 13.8 Å². The number of fused-ring (bicyclic) bond motifs is 2. The Labute approximate surface area is 106 Å². The van der Waals surface area contributed by atoms with Gasteiger partial charge in [0.1, 0.15) is 18.3 Å². The van der Waals surface area contributed by atoms with Gasteiger partial charge in [-0.1, -0.05) is 0 Å². The highest BCUT2D eigenvalue weighted by Crippen LogP contribution is 2.49. The van der Waals surface area contributed by atoms with Gasteiger partial charge in [0.05, 0.1) is 13.2 Å². The van der Waals surface area contributed by atoms with Gasteiger partial charge in [-0.05, 0) is 27.7 Å². The summed E-state index contributed by atoms with van der Waals surface area (Å²) in [5.74, 6) is -2.54. The predicted octanol–water partition coefficient (Wildman–Crippen LogP) is 0.377. The van der Waals surface area contributed by atoms with Crippen LogP contribution >= 0.6 is 0 Å². The monoisotopic (exact) mass is 260 g/mol. The Bertz CT molecular complexity index is 354. The van der Waals surface area contributed by atoms with Gasteiger partial charge in [-0.3, -0.25) is 0 Å². The third-order valence-corrected chi connectivity index (χ3v) is 3.50. The van der Waals surface area contributed by atoms with E-state index in [0.717, 1.165) is 0 Å². The van der Waals surface area contributed by atoms with Crippen molar-refractivity contribution in [2.45, 2.75) is 63.4 Å². The molecule has 0 aromatic rings. The van der Waals surface area contributed by atoms with Crippen LogP contribution in [0.4, 0.5) is 0 Å². The summed E-state index contributed by atoms with van der Waals surface area (Å²) < 4.78 is 29.0. The molecule has 4 atom stereocenters. The minimum atomic E-state index is -1.07. The fourth-order valence-corrected chi connectivity index (χ4v) is 3.02. The fraction of sp³-hybridized carbons (Fsp3) is 1.00. The number of hydrogen-bond acceptors (Lipinski definition) is 6. The molecular weight excluding hydrogens is 240 g/mol. The summed E-state index contributed by atoms with van der Waals surface area (Å²) in [5, 5.41) is 9.49. The highest BCUT2D eigenvalue weighted by molar-refractivity contribution is 5.05. The zero-order valence-electron chi connectivity index (χ0n) is 11.1. The van der Waals surface area contributed by atoms with Crippen molar-refractivity contribution in [2.75, 3.05) is 13.2 Å². The molecule has 18 heavy (non-hydrogen) atoms. The van der Waals surface area contributed by atoms with E-state index in [4.69, 9.17) is 23.7 Å². The molecule has 0 bridgehead atoms. The Hall–Kier alpha value is -0.240. The van der Waals surface area contributed by atoms with Crippen LogP contribution in [0.25, 0.3) is 0 Å². The van der Waals surface area contributed by atoms with Gasteiger partial charge in [0.15, 0.2) is 11.6 Å². The van der Waals surface area contributed by atoms with Gasteiger partial charge in [0.25, 0.3) is 0 Å². The van der Waals surface area contributed by atoms with Crippen molar-refractivity contribution < 1.29 is 28.8 Å². The molecule has 3 aliphatic heterocycles. The molecule has 3 heterocycles. The van der Waals surface area contributed by atoms with Crippen LogP contribution in [0.15, 0.2) is 0 Å². The second kappa shape index (κ2) is 3.65. The minimum Gasteiger partial charge on any atom is -0.393 e. The van der Waals surface area contributed by atoms with Crippen molar-refractivity contribution in [1.29, 1.82) is 0 Å². The first kappa shape index (κ1) is 12.8. The highest BCUT2D eigenvalue weighted by atomic mass is 16.9. The number of aliphatic hydroxyl groups excluding tert-OH is 1. The zero-order valence-corrected chi connectivity index (χ0v) is 11.1. The maximum atomic E-state index is 9.49. The van der Waals surface area contributed by atoms with E-state index in [-0.39, 0.29) is 18.8 Å². The van der Waals surface area contributed by atoms with E-state index in [2.05, 4.69) is 0 Å².